The Morgan fingerprint density at radius 3 is 2.28 bits per heavy atom. The van der Waals surface area contributed by atoms with Gasteiger partial charge in [0.15, 0.2) is 5.69 Å². The Labute approximate surface area is 267 Å². The van der Waals surface area contributed by atoms with Gasteiger partial charge in [0, 0.05) is 22.6 Å². The van der Waals surface area contributed by atoms with Gasteiger partial charge in [0.05, 0.1) is 25.4 Å². The van der Waals surface area contributed by atoms with Crippen LogP contribution in [0.15, 0.2) is 88.3 Å². The molecule has 0 radical (unpaired) electrons. The van der Waals surface area contributed by atoms with Crippen LogP contribution in [0.2, 0.25) is 0 Å². The molecule has 46 heavy (non-hydrogen) atoms. The van der Waals surface area contributed by atoms with Gasteiger partial charge >= 0.3 is 13.3 Å². The molecular formula is C32H30F3N4O5PS. The number of thioether (sulfide) groups is 1. The monoisotopic (exact) mass is 670 g/mol. The Hall–Kier alpha value is -3.74. The van der Waals surface area contributed by atoms with Gasteiger partial charge in [-0.15, -0.1) is 0 Å². The number of phosphoric ester groups is 1. The standard InChI is InChI=1S/C32H30F3N4O5PS/c1-21-15-28(30-36-29(38-43-30)24-11-13-27(14-12-24)46-32(33,34)35)37-39(21)18-23-8-6-7-22(16-23)17-31(2,3)44-45(40)41-19-25-9-4-5-10-26(25)20-42-45/h4-16H,17-20H2,1-3H3. The molecule has 9 nitrogen and oxygen atoms in total. The third-order valence-electron chi connectivity index (χ3n) is 7.16. The number of rotatable bonds is 9. The van der Waals surface area contributed by atoms with Crippen molar-refractivity contribution >= 4 is 19.6 Å². The van der Waals surface area contributed by atoms with Crippen molar-refractivity contribution in [1.29, 1.82) is 0 Å². The molecule has 0 aliphatic carbocycles. The van der Waals surface area contributed by atoms with Crippen LogP contribution in [0, 0.1) is 6.92 Å². The molecule has 0 spiro atoms. The van der Waals surface area contributed by atoms with Gasteiger partial charge in [-0.05, 0) is 85.1 Å². The number of alkyl halides is 3. The van der Waals surface area contributed by atoms with Gasteiger partial charge in [-0.25, -0.2) is 4.57 Å². The second-order valence-corrected chi connectivity index (χ2v) is 14.2. The van der Waals surface area contributed by atoms with E-state index in [0.29, 0.717) is 24.2 Å². The number of halogens is 3. The van der Waals surface area contributed by atoms with Gasteiger partial charge in [-0.2, -0.15) is 23.3 Å². The Balaban J connectivity index is 1.10. The zero-order valence-corrected chi connectivity index (χ0v) is 26.9. The van der Waals surface area contributed by atoms with Gasteiger partial charge < -0.3 is 4.52 Å². The van der Waals surface area contributed by atoms with E-state index >= 15 is 0 Å². The summed E-state index contributed by atoms with van der Waals surface area (Å²) in [5, 5.41) is 8.63. The van der Waals surface area contributed by atoms with Crippen molar-refractivity contribution in [2.24, 2.45) is 0 Å². The first-order valence-electron chi connectivity index (χ1n) is 14.3. The van der Waals surface area contributed by atoms with E-state index in [4.69, 9.17) is 18.1 Å². The zero-order valence-electron chi connectivity index (χ0n) is 25.2. The number of aryl methyl sites for hydroxylation is 1. The maximum absolute atomic E-state index is 13.4. The molecule has 14 heteroatoms. The average Bonchev–Trinajstić information content (AvgIpc) is 3.58. The molecule has 5 aromatic rings. The minimum Gasteiger partial charge on any atom is -0.332 e. The second kappa shape index (κ2) is 12.8. The molecule has 2 aromatic heterocycles. The van der Waals surface area contributed by atoms with E-state index in [1.54, 1.807) is 0 Å². The lowest BCUT2D eigenvalue weighted by Gasteiger charge is -2.29. The molecule has 0 atom stereocenters. The van der Waals surface area contributed by atoms with Gasteiger partial charge in [0.1, 0.15) is 0 Å². The summed E-state index contributed by atoms with van der Waals surface area (Å²) < 4.78 is 75.8. The van der Waals surface area contributed by atoms with Crippen LogP contribution < -0.4 is 0 Å². The summed E-state index contributed by atoms with van der Waals surface area (Å²) >= 11 is -0.184. The minimum absolute atomic E-state index is 0.0688. The SMILES string of the molecule is Cc1cc(-c2nc(-c3ccc(SC(F)(F)F)cc3)no2)nn1Cc1cccc(CC(C)(C)OP2(=O)OCc3ccccc3CO2)c1. The van der Waals surface area contributed by atoms with E-state index in [9.17, 15) is 17.7 Å². The van der Waals surface area contributed by atoms with E-state index in [0.717, 1.165) is 27.9 Å². The third kappa shape index (κ3) is 7.97. The van der Waals surface area contributed by atoms with Crippen LogP contribution >= 0.6 is 19.6 Å². The fraction of sp³-hybridized carbons (Fsp3) is 0.281. The van der Waals surface area contributed by atoms with Crippen molar-refractivity contribution in [3.05, 3.63) is 107 Å². The van der Waals surface area contributed by atoms with Crippen LogP contribution in [0.5, 0.6) is 0 Å². The van der Waals surface area contributed by atoms with Gasteiger partial charge in [0.2, 0.25) is 5.82 Å². The largest absolute Gasteiger partial charge is 0.475 e. The number of benzene rings is 3. The fourth-order valence-corrected chi connectivity index (χ4v) is 7.07. The fourth-order valence-electron chi connectivity index (χ4n) is 5.09. The number of phosphoric acid groups is 1. The van der Waals surface area contributed by atoms with Crippen LogP contribution in [0.3, 0.4) is 0 Å². The molecule has 6 rings (SSSR count). The summed E-state index contributed by atoms with van der Waals surface area (Å²) in [6.07, 6.45) is 0.453. The van der Waals surface area contributed by atoms with Gasteiger partial charge in [-0.1, -0.05) is 53.7 Å². The van der Waals surface area contributed by atoms with Gasteiger partial charge in [0.25, 0.3) is 5.89 Å². The number of hydrogen-bond donors (Lipinski definition) is 0. The molecule has 3 aromatic carbocycles. The highest BCUT2D eigenvalue weighted by atomic mass is 32.2. The first-order valence-corrected chi connectivity index (χ1v) is 16.6. The molecule has 0 bridgehead atoms. The first kappa shape index (κ1) is 32.2. The molecule has 0 amide bonds. The maximum Gasteiger partial charge on any atom is 0.475 e. The Morgan fingerprint density at radius 2 is 1.61 bits per heavy atom. The number of aromatic nitrogens is 4. The van der Waals surface area contributed by atoms with Crippen LogP contribution in [-0.2, 0) is 44.3 Å². The summed E-state index contributed by atoms with van der Waals surface area (Å²) in [7, 11) is -3.80. The van der Waals surface area contributed by atoms with Crippen LogP contribution in [0.4, 0.5) is 13.2 Å². The van der Waals surface area contributed by atoms with Crippen LogP contribution in [0.1, 0.15) is 41.8 Å². The van der Waals surface area contributed by atoms with Crippen molar-refractivity contribution < 1.29 is 35.8 Å². The lowest BCUT2D eigenvalue weighted by molar-refractivity contribution is -0.0328. The molecule has 240 valence electrons. The number of nitrogens with zero attached hydrogens (tertiary/aromatic N) is 4. The predicted molar refractivity (Wildman–Crippen MR) is 166 cm³/mol. The van der Waals surface area contributed by atoms with Crippen molar-refractivity contribution in [1.82, 2.24) is 19.9 Å². The second-order valence-electron chi connectivity index (χ2n) is 11.4. The Bertz CT molecular complexity index is 1860. The Morgan fingerprint density at radius 1 is 0.935 bits per heavy atom. The van der Waals surface area contributed by atoms with Crippen molar-refractivity contribution in [3.8, 4) is 23.0 Å². The van der Waals surface area contributed by atoms with Crippen LogP contribution in [0.25, 0.3) is 23.0 Å². The molecule has 0 N–H and O–H groups in total. The zero-order chi connectivity index (χ0) is 32.5. The van der Waals surface area contributed by atoms with E-state index in [2.05, 4.69) is 15.2 Å². The summed E-state index contributed by atoms with van der Waals surface area (Å²) in [4.78, 5) is 4.47. The summed E-state index contributed by atoms with van der Waals surface area (Å²) in [5.41, 5.74) is 0.433. The highest BCUT2D eigenvalue weighted by Crippen LogP contribution is 2.55. The smallest absolute Gasteiger partial charge is 0.332 e. The lowest BCUT2D eigenvalue weighted by atomic mass is 9.97. The van der Waals surface area contributed by atoms with Crippen LogP contribution in [-0.4, -0.2) is 31.0 Å². The van der Waals surface area contributed by atoms with E-state index in [-0.39, 0.29) is 41.6 Å². The van der Waals surface area contributed by atoms with E-state index in [1.807, 2.05) is 80.1 Å². The molecule has 0 fully saturated rings. The predicted octanol–water partition coefficient (Wildman–Crippen LogP) is 8.76. The molecule has 0 saturated heterocycles. The first-order chi connectivity index (χ1) is 21.8. The van der Waals surface area contributed by atoms with Gasteiger partial charge in [-0.3, -0.25) is 18.3 Å². The average molecular weight is 671 g/mol. The summed E-state index contributed by atoms with van der Waals surface area (Å²) in [6, 6.07) is 23.2. The topological polar surface area (TPSA) is 102 Å². The van der Waals surface area contributed by atoms with Crippen molar-refractivity contribution in [2.45, 2.75) is 63.0 Å². The maximum atomic E-state index is 13.4. The number of hydrogen-bond acceptors (Lipinski definition) is 9. The molecule has 1 aliphatic rings. The van der Waals surface area contributed by atoms with E-state index < -0.39 is 18.9 Å². The third-order valence-corrected chi connectivity index (χ3v) is 9.51. The van der Waals surface area contributed by atoms with Crippen molar-refractivity contribution in [2.75, 3.05) is 0 Å². The minimum atomic E-state index is -4.36. The molecule has 3 heterocycles. The molecular weight excluding hydrogens is 640 g/mol. The summed E-state index contributed by atoms with van der Waals surface area (Å²) in [6.45, 7) is 6.36. The molecule has 1 aliphatic heterocycles. The normalized spacial score (nSPS) is 15.0. The highest BCUT2D eigenvalue weighted by molar-refractivity contribution is 8.00. The number of fused-ring (bicyclic) bond motifs is 1. The molecule has 0 unspecified atom stereocenters. The Kier molecular flexibility index (Phi) is 8.97. The van der Waals surface area contributed by atoms with Crippen molar-refractivity contribution in [3.63, 3.8) is 0 Å². The lowest BCUT2D eigenvalue weighted by Crippen LogP contribution is -2.27. The quantitative estimate of drug-likeness (QED) is 0.113. The van der Waals surface area contributed by atoms with E-state index in [1.165, 1.54) is 24.3 Å². The molecule has 0 saturated carbocycles. The summed E-state index contributed by atoms with van der Waals surface area (Å²) in [5.74, 6) is 0.439. The highest BCUT2D eigenvalue weighted by Gasteiger charge is 2.37.